The second-order valence-electron chi connectivity index (χ2n) is 6.68. The first kappa shape index (κ1) is 18.2. The summed E-state index contributed by atoms with van der Waals surface area (Å²) in [6, 6.07) is 0.458. The van der Waals surface area contributed by atoms with Gasteiger partial charge in [0.05, 0.1) is 6.04 Å². The highest BCUT2D eigenvalue weighted by Crippen LogP contribution is 2.31. The smallest absolute Gasteiger partial charge is 0.237 e. The van der Waals surface area contributed by atoms with E-state index in [1.54, 1.807) is 14.0 Å². The summed E-state index contributed by atoms with van der Waals surface area (Å²) in [5.74, 6) is 0.247. The van der Waals surface area contributed by atoms with Gasteiger partial charge >= 0.3 is 0 Å². The Balaban J connectivity index is 1.92. The predicted molar refractivity (Wildman–Crippen MR) is 89.1 cm³/mol. The quantitative estimate of drug-likeness (QED) is 0.710. The molecule has 2 aliphatic heterocycles. The molecule has 2 rings (SSSR count). The van der Waals surface area contributed by atoms with Crippen molar-refractivity contribution in [2.75, 3.05) is 33.4 Å². The third-order valence-corrected chi connectivity index (χ3v) is 5.19. The molecule has 2 fully saturated rings. The number of carbonyl (C=O) groups excluding carboxylic acids is 2. The molecule has 2 amide bonds. The molecule has 0 radical (unpaired) electrons. The van der Waals surface area contributed by atoms with E-state index in [9.17, 15) is 9.59 Å². The van der Waals surface area contributed by atoms with Crippen LogP contribution in [0.25, 0.3) is 0 Å². The monoisotopic (exact) mass is 325 g/mol. The lowest BCUT2D eigenvalue weighted by Gasteiger charge is -2.37. The highest BCUT2D eigenvalue weighted by molar-refractivity contribution is 5.81. The maximum absolute atomic E-state index is 12.4. The first-order valence-electron chi connectivity index (χ1n) is 8.86. The van der Waals surface area contributed by atoms with Crippen molar-refractivity contribution >= 4 is 11.8 Å². The first-order valence-corrected chi connectivity index (χ1v) is 8.86. The maximum atomic E-state index is 12.4. The zero-order valence-electron chi connectivity index (χ0n) is 14.7. The highest BCUT2D eigenvalue weighted by atomic mass is 16.5. The van der Waals surface area contributed by atoms with Gasteiger partial charge in [-0.05, 0) is 45.6 Å². The number of hydrogen-bond acceptors (Lipinski definition) is 4. The van der Waals surface area contributed by atoms with Gasteiger partial charge in [-0.15, -0.1) is 0 Å². The summed E-state index contributed by atoms with van der Waals surface area (Å²) in [7, 11) is 1.67. The van der Waals surface area contributed by atoms with Gasteiger partial charge in [0.15, 0.2) is 0 Å². The Labute approximate surface area is 139 Å². The van der Waals surface area contributed by atoms with Gasteiger partial charge in [0.2, 0.25) is 11.8 Å². The molecule has 0 aromatic carbocycles. The number of amides is 2. The van der Waals surface area contributed by atoms with Crippen molar-refractivity contribution in [3.63, 3.8) is 0 Å². The molecule has 0 aromatic rings. The molecule has 132 valence electrons. The molecule has 0 aliphatic carbocycles. The number of hydrogen-bond donors (Lipinski definition) is 1. The van der Waals surface area contributed by atoms with Crippen LogP contribution < -0.4 is 5.32 Å². The molecule has 0 unspecified atom stereocenters. The molecule has 0 saturated carbocycles. The lowest BCUT2D eigenvalue weighted by atomic mass is 10.0. The van der Waals surface area contributed by atoms with E-state index in [4.69, 9.17) is 4.74 Å². The van der Waals surface area contributed by atoms with Crippen LogP contribution in [-0.4, -0.2) is 73.1 Å². The maximum Gasteiger partial charge on any atom is 0.237 e. The molecular formula is C17H31N3O3. The van der Waals surface area contributed by atoms with Crippen molar-refractivity contribution in [1.29, 1.82) is 0 Å². The van der Waals surface area contributed by atoms with Crippen LogP contribution in [0.5, 0.6) is 0 Å². The Kier molecular flexibility index (Phi) is 6.84. The summed E-state index contributed by atoms with van der Waals surface area (Å²) in [4.78, 5) is 28.5. The Morgan fingerprint density at radius 1 is 1.22 bits per heavy atom. The third-order valence-electron chi connectivity index (χ3n) is 5.19. The number of methoxy groups -OCH3 is 1. The minimum atomic E-state index is -0.139. The average molecular weight is 325 g/mol. The normalized spacial score (nSPS) is 26.5. The Hall–Kier alpha value is -1.14. The zero-order valence-corrected chi connectivity index (χ0v) is 14.7. The molecule has 0 aromatic heterocycles. The van der Waals surface area contributed by atoms with Gasteiger partial charge < -0.3 is 15.0 Å². The van der Waals surface area contributed by atoms with Crippen molar-refractivity contribution in [2.24, 2.45) is 0 Å². The van der Waals surface area contributed by atoms with Gasteiger partial charge in [0.25, 0.3) is 0 Å². The van der Waals surface area contributed by atoms with Crippen LogP contribution in [0.3, 0.4) is 0 Å². The Bertz CT molecular complexity index is 416. The lowest BCUT2D eigenvalue weighted by molar-refractivity contribution is -0.131. The lowest BCUT2D eigenvalue weighted by Crippen LogP contribution is -2.54. The number of nitrogens with zero attached hydrogens (tertiary/aromatic N) is 2. The zero-order chi connectivity index (χ0) is 16.8. The van der Waals surface area contributed by atoms with E-state index in [0.717, 1.165) is 45.2 Å². The molecule has 6 heteroatoms. The van der Waals surface area contributed by atoms with Crippen molar-refractivity contribution in [3.05, 3.63) is 0 Å². The molecule has 0 spiro atoms. The third kappa shape index (κ3) is 4.44. The Morgan fingerprint density at radius 3 is 2.61 bits per heavy atom. The van der Waals surface area contributed by atoms with Gasteiger partial charge in [-0.3, -0.25) is 14.5 Å². The molecule has 2 saturated heterocycles. The Morgan fingerprint density at radius 2 is 1.91 bits per heavy atom. The van der Waals surface area contributed by atoms with E-state index in [1.807, 2.05) is 11.8 Å². The van der Waals surface area contributed by atoms with Crippen LogP contribution in [0.1, 0.15) is 46.0 Å². The number of rotatable bonds is 7. The van der Waals surface area contributed by atoms with E-state index >= 15 is 0 Å². The largest absolute Gasteiger partial charge is 0.385 e. The van der Waals surface area contributed by atoms with Crippen LogP contribution in [-0.2, 0) is 14.3 Å². The standard InChI is InChI=1S/C17H31N3O3/c1-13(17(22)18-9-6-12-23-3)19-10-4-7-15(19)16-8-5-11-20(16)14(2)21/h13,15-16H,4-12H2,1-3H3,(H,18,22)/t13-,15-,16-/m0/s1. The number of likely N-dealkylation sites (tertiary alicyclic amines) is 2. The van der Waals surface area contributed by atoms with Gasteiger partial charge in [-0.25, -0.2) is 0 Å². The summed E-state index contributed by atoms with van der Waals surface area (Å²) in [5, 5.41) is 3.00. The fraction of sp³-hybridized carbons (Fsp3) is 0.882. The van der Waals surface area contributed by atoms with Gasteiger partial charge in [0, 0.05) is 45.8 Å². The summed E-state index contributed by atoms with van der Waals surface area (Å²) < 4.78 is 5.00. The van der Waals surface area contributed by atoms with Crippen molar-refractivity contribution in [2.45, 2.75) is 64.1 Å². The molecule has 2 heterocycles. The number of ether oxygens (including phenoxy) is 1. The van der Waals surface area contributed by atoms with Crippen LogP contribution in [0.2, 0.25) is 0 Å². The molecular weight excluding hydrogens is 294 g/mol. The van der Waals surface area contributed by atoms with E-state index in [0.29, 0.717) is 19.2 Å². The molecule has 1 N–H and O–H groups in total. The summed E-state index contributed by atoms with van der Waals surface area (Å²) >= 11 is 0. The van der Waals surface area contributed by atoms with Gasteiger partial charge in [-0.2, -0.15) is 0 Å². The number of carbonyl (C=O) groups is 2. The topological polar surface area (TPSA) is 61.9 Å². The van der Waals surface area contributed by atoms with Gasteiger partial charge in [0.1, 0.15) is 0 Å². The minimum absolute atomic E-state index is 0.0837. The molecule has 23 heavy (non-hydrogen) atoms. The summed E-state index contributed by atoms with van der Waals surface area (Å²) in [6.45, 7) is 6.76. The molecule has 2 aliphatic rings. The molecule has 3 atom stereocenters. The molecule has 6 nitrogen and oxygen atoms in total. The second kappa shape index (κ2) is 8.64. The van der Waals surface area contributed by atoms with Crippen LogP contribution in [0.4, 0.5) is 0 Å². The number of nitrogens with one attached hydrogen (secondary N) is 1. The predicted octanol–water partition coefficient (Wildman–Crippen LogP) is 1.00. The van der Waals surface area contributed by atoms with Crippen molar-refractivity contribution in [3.8, 4) is 0 Å². The fourth-order valence-corrected chi connectivity index (χ4v) is 4.02. The van der Waals surface area contributed by atoms with Crippen LogP contribution in [0.15, 0.2) is 0 Å². The van der Waals surface area contributed by atoms with E-state index in [2.05, 4.69) is 10.2 Å². The second-order valence-corrected chi connectivity index (χ2v) is 6.68. The van der Waals surface area contributed by atoms with Crippen molar-refractivity contribution < 1.29 is 14.3 Å². The van der Waals surface area contributed by atoms with Crippen molar-refractivity contribution in [1.82, 2.24) is 15.1 Å². The van der Waals surface area contributed by atoms with E-state index in [-0.39, 0.29) is 23.9 Å². The fourth-order valence-electron chi connectivity index (χ4n) is 4.02. The van der Waals surface area contributed by atoms with E-state index in [1.165, 1.54) is 0 Å². The van der Waals surface area contributed by atoms with Crippen LogP contribution >= 0.6 is 0 Å². The summed E-state index contributed by atoms with van der Waals surface area (Å²) in [5.41, 5.74) is 0. The van der Waals surface area contributed by atoms with E-state index < -0.39 is 0 Å². The molecule has 0 bridgehead atoms. The highest BCUT2D eigenvalue weighted by Gasteiger charge is 2.41. The SMILES string of the molecule is COCCCNC(=O)[C@H](C)N1CCC[C@H]1[C@@H]1CCCN1C(C)=O. The van der Waals surface area contributed by atoms with Gasteiger partial charge in [-0.1, -0.05) is 0 Å². The summed E-state index contributed by atoms with van der Waals surface area (Å²) in [6.07, 6.45) is 5.15. The van der Waals surface area contributed by atoms with Crippen LogP contribution in [0, 0.1) is 0 Å². The average Bonchev–Trinajstić information content (AvgIpc) is 3.18. The minimum Gasteiger partial charge on any atom is -0.385 e. The first-order chi connectivity index (χ1) is 11.1.